The molecule has 1 saturated carbocycles. The van der Waals surface area contributed by atoms with E-state index in [1.165, 1.54) is 26.2 Å². The van der Waals surface area contributed by atoms with Gasteiger partial charge in [-0.1, -0.05) is 5.16 Å². The highest BCUT2D eigenvalue weighted by molar-refractivity contribution is 7.80. The zero-order valence-electron chi connectivity index (χ0n) is 26.7. The molecule has 3 atom stereocenters. The number of hydroxylamine groups is 2. The van der Waals surface area contributed by atoms with Gasteiger partial charge in [0, 0.05) is 22.5 Å². The monoisotopic (exact) mass is 720 g/mol. The zero-order valence-corrected chi connectivity index (χ0v) is 28.3. The number of carbonyl (C=O) groups is 3. The Kier molecular flexibility index (Phi) is 8.58. The van der Waals surface area contributed by atoms with Gasteiger partial charge in [0.1, 0.15) is 23.3 Å². The lowest BCUT2D eigenvalue weighted by Gasteiger charge is -2.55. The van der Waals surface area contributed by atoms with Crippen molar-refractivity contribution >= 4 is 56.2 Å². The molecule has 1 aliphatic carbocycles. The minimum Gasteiger partial charge on any atom is -0.485 e. The van der Waals surface area contributed by atoms with E-state index >= 15 is 0 Å². The number of benzene rings is 1. The van der Waals surface area contributed by atoms with Gasteiger partial charge in [0.25, 0.3) is 17.4 Å². The van der Waals surface area contributed by atoms with Crippen LogP contribution in [-0.4, -0.2) is 98.9 Å². The van der Waals surface area contributed by atoms with Crippen LogP contribution in [0.15, 0.2) is 28.7 Å². The second-order valence-corrected chi connectivity index (χ2v) is 15.2. The molecule has 1 spiro atoms. The molecule has 18 nitrogen and oxygen atoms in total. The maximum absolute atomic E-state index is 13.5. The van der Waals surface area contributed by atoms with Crippen LogP contribution >= 0.6 is 11.3 Å². The number of nitrogens with two attached hydrogens (primary N) is 1. The number of rotatable bonds is 11. The second-order valence-electron chi connectivity index (χ2n) is 13.3. The lowest BCUT2D eigenvalue weighted by Crippen LogP contribution is -2.76. The number of nitrogen functional groups attached to an aromatic ring is 1. The number of aromatic nitrogens is 1. The fourth-order valence-corrected chi connectivity index (χ4v) is 7.43. The van der Waals surface area contributed by atoms with Gasteiger partial charge in [-0.3, -0.25) is 19.6 Å². The topological polar surface area (TPSA) is 268 Å². The molecule has 8 N–H and O–H groups in total. The van der Waals surface area contributed by atoms with E-state index in [0.717, 1.165) is 42.7 Å². The molecule has 1 aromatic carbocycles. The number of hydrogen-bond acceptors (Lipinski definition) is 14. The first-order chi connectivity index (χ1) is 22.9. The van der Waals surface area contributed by atoms with Gasteiger partial charge < -0.3 is 36.4 Å². The Morgan fingerprint density at radius 3 is 2.59 bits per heavy atom. The fourth-order valence-electron chi connectivity index (χ4n) is 6.43. The van der Waals surface area contributed by atoms with E-state index in [2.05, 4.69) is 30.4 Å². The van der Waals surface area contributed by atoms with E-state index in [1.54, 1.807) is 12.1 Å². The highest BCUT2D eigenvalue weighted by Gasteiger charge is 2.58. The fraction of sp³-hybridized carbons (Fsp3) is 0.517. The molecule has 264 valence electrons. The summed E-state index contributed by atoms with van der Waals surface area (Å²) in [6.07, 6.45) is 2.65. The average molecular weight is 721 g/mol. The maximum Gasteiger partial charge on any atom is 0.418 e. The van der Waals surface area contributed by atoms with Gasteiger partial charge in [0.05, 0.1) is 5.54 Å². The number of anilines is 1. The normalized spacial score (nSPS) is 26.9. The number of nitrogens with zero attached hydrogens (tertiary/aromatic N) is 3. The third-order valence-corrected chi connectivity index (χ3v) is 10.5. The van der Waals surface area contributed by atoms with E-state index < -0.39 is 57.2 Å². The first kappa shape index (κ1) is 34.5. The van der Waals surface area contributed by atoms with Gasteiger partial charge in [-0.25, -0.2) is 9.78 Å². The maximum atomic E-state index is 13.5. The predicted octanol–water partition coefficient (Wildman–Crippen LogP) is 0.333. The molecule has 3 aliphatic heterocycles. The lowest BCUT2D eigenvalue weighted by atomic mass is 9.66. The summed E-state index contributed by atoms with van der Waals surface area (Å²) >= 11 is 0.967. The third kappa shape index (κ3) is 6.53. The van der Waals surface area contributed by atoms with Crippen LogP contribution in [-0.2, 0) is 40.3 Å². The second kappa shape index (κ2) is 12.2. The summed E-state index contributed by atoms with van der Waals surface area (Å²) in [6, 6.07) is 4.14. The molecule has 49 heavy (non-hydrogen) atoms. The van der Waals surface area contributed by atoms with Gasteiger partial charge >= 0.3 is 16.4 Å². The summed E-state index contributed by atoms with van der Waals surface area (Å²) in [5.41, 5.74) is 3.32. The van der Waals surface area contributed by atoms with E-state index in [-0.39, 0.29) is 28.8 Å². The molecule has 6 rings (SSSR count). The highest BCUT2D eigenvalue weighted by Crippen LogP contribution is 2.40. The van der Waals surface area contributed by atoms with E-state index in [1.807, 2.05) is 6.07 Å². The summed E-state index contributed by atoms with van der Waals surface area (Å²) in [5, 5.41) is 33.7. The Morgan fingerprint density at radius 1 is 1.31 bits per heavy atom. The third-order valence-electron chi connectivity index (χ3n) is 9.49. The summed E-state index contributed by atoms with van der Waals surface area (Å²) in [6.45, 7) is 5.03. The largest absolute Gasteiger partial charge is 0.485 e. The standard InChI is InChI=1S/C29H36N8O10S2/c1-27(2)21(24(39)37(27)47-49(42,43)44)35-23(38)20(17-13-48-26(31)34-17)36-46-28(3,25(40)41)19-7-5-14-10-15(4-6-18(14)45-19)22(30)33-16-11-29(12-16)8-9-32-29/h4,6,10,13,16,19,21,32H,5,7-9,11-12H2,1-3H3,(H2,30,33)(H2,31,34)(H,35,38)(H,40,41)(H,42,43,44)/b36-20-/t16-,19-,21-,28+,29-/m1/s1. The Morgan fingerprint density at radius 2 is 2.02 bits per heavy atom. The summed E-state index contributed by atoms with van der Waals surface area (Å²) in [7, 11) is -5.03. The predicted molar refractivity (Wildman–Crippen MR) is 173 cm³/mol. The van der Waals surface area contributed by atoms with Gasteiger partial charge in [-0.05, 0) is 83.2 Å². The number of aryl methyl sites for hydroxylation is 1. The number of carboxylic acids is 1. The van der Waals surface area contributed by atoms with Crippen LogP contribution in [0.25, 0.3) is 0 Å². The van der Waals surface area contributed by atoms with Crippen molar-refractivity contribution in [3.63, 3.8) is 0 Å². The molecule has 0 bridgehead atoms. The molecule has 4 aliphatic rings. The summed E-state index contributed by atoms with van der Waals surface area (Å²) in [5.74, 6) is -2.72. The molecule has 4 heterocycles. The molecule has 3 fully saturated rings. The Labute approximate surface area is 284 Å². The van der Waals surface area contributed by atoms with Gasteiger partial charge in [0.2, 0.25) is 0 Å². The van der Waals surface area contributed by atoms with Crippen molar-refractivity contribution in [1.82, 2.24) is 26.0 Å². The van der Waals surface area contributed by atoms with Crippen molar-refractivity contribution < 1.29 is 46.3 Å². The molecule has 2 aromatic rings. The SMILES string of the molecule is CC1(C)[C@H](NC(=O)/C(=N\O[C@](C)(C(=O)O)[C@H]2CCc3cc(C(=N)N[C@H]4C[C@@]5(CCN5)C4)ccc3O2)c2csc(N)n2)C(=O)N1OS(=O)(=O)O. The van der Waals surface area contributed by atoms with Crippen molar-refractivity contribution in [3.05, 3.63) is 40.4 Å². The van der Waals surface area contributed by atoms with Crippen LogP contribution in [0.1, 0.15) is 63.3 Å². The van der Waals surface area contributed by atoms with Crippen LogP contribution in [0.5, 0.6) is 5.75 Å². The van der Waals surface area contributed by atoms with Crippen LogP contribution < -0.4 is 26.4 Å². The molecule has 1 aromatic heterocycles. The molecule has 2 saturated heterocycles. The number of nitrogens with one attached hydrogen (secondary N) is 4. The van der Waals surface area contributed by atoms with Gasteiger partial charge in [-0.2, -0.15) is 13.5 Å². The first-order valence-electron chi connectivity index (χ1n) is 15.3. The molecule has 0 radical (unpaired) electrons. The zero-order chi connectivity index (χ0) is 35.5. The lowest BCUT2D eigenvalue weighted by molar-refractivity contribution is -0.218. The van der Waals surface area contributed by atoms with Gasteiger partial charge in [-0.15, -0.1) is 15.6 Å². The number of fused-ring (bicyclic) bond motifs is 1. The highest BCUT2D eigenvalue weighted by atomic mass is 32.3. The Balaban J connectivity index is 1.16. The molecule has 0 unspecified atom stereocenters. The van der Waals surface area contributed by atoms with Crippen molar-refractivity contribution in [2.45, 2.75) is 87.7 Å². The first-order valence-corrected chi connectivity index (χ1v) is 17.6. The van der Waals surface area contributed by atoms with E-state index in [0.29, 0.717) is 28.6 Å². The molecular weight excluding hydrogens is 684 g/mol. The number of hydrogen-bond donors (Lipinski definition) is 7. The smallest absolute Gasteiger partial charge is 0.418 e. The quantitative estimate of drug-likeness (QED) is 0.0542. The minimum atomic E-state index is -5.03. The number of carboxylic acid groups (broad SMARTS) is 1. The number of carbonyl (C=O) groups excluding carboxylic acids is 2. The van der Waals surface area contributed by atoms with Crippen molar-refractivity contribution in [2.75, 3.05) is 12.3 Å². The number of amides is 2. The van der Waals surface area contributed by atoms with Crippen molar-refractivity contribution in [1.29, 1.82) is 5.41 Å². The molecule has 20 heteroatoms. The molecule has 2 amide bonds. The molecular formula is C29H36N8O10S2. The summed E-state index contributed by atoms with van der Waals surface area (Å²) in [4.78, 5) is 48.3. The number of amidine groups is 1. The van der Waals surface area contributed by atoms with Crippen LogP contribution in [0.3, 0.4) is 0 Å². The number of thiazole rings is 1. The average Bonchev–Trinajstić information content (AvgIpc) is 3.43. The van der Waals surface area contributed by atoms with Crippen molar-refractivity contribution in [3.8, 4) is 5.75 Å². The van der Waals surface area contributed by atoms with Gasteiger partial charge in [0.15, 0.2) is 16.9 Å². The van der Waals surface area contributed by atoms with Crippen LogP contribution in [0.2, 0.25) is 0 Å². The van der Waals surface area contributed by atoms with Crippen LogP contribution in [0.4, 0.5) is 5.13 Å². The number of β-lactam (4-membered cyclic amide) rings is 1. The van der Waals surface area contributed by atoms with Crippen LogP contribution in [0, 0.1) is 5.41 Å². The number of ether oxygens (including phenoxy) is 1. The van der Waals surface area contributed by atoms with E-state index in [4.69, 9.17) is 25.3 Å². The van der Waals surface area contributed by atoms with E-state index in [9.17, 15) is 27.9 Å². The number of oxime groups is 1. The Hall–Kier alpha value is -4.37. The number of aliphatic carboxylic acids is 1. The minimum absolute atomic E-state index is 0.0612. The Bertz CT molecular complexity index is 1850. The van der Waals surface area contributed by atoms with Crippen molar-refractivity contribution in [2.24, 2.45) is 5.16 Å². The summed E-state index contributed by atoms with van der Waals surface area (Å²) < 4.78 is 41.7.